The number of rotatable bonds is 5. The lowest BCUT2D eigenvalue weighted by atomic mass is 10.1. The third kappa shape index (κ3) is 3.00. The van der Waals surface area contributed by atoms with Crippen molar-refractivity contribution < 1.29 is 0 Å². The zero-order valence-electron chi connectivity index (χ0n) is 11.0. The third-order valence-electron chi connectivity index (χ3n) is 2.98. The van der Waals surface area contributed by atoms with Crippen LogP contribution >= 0.6 is 0 Å². The number of hydrogen-bond acceptors (Lipinski definition) is 4. The van der Waals surface area contributed by atoms with E-state index in [-0.39, 0.29) is 0 Å². The van der Waals surface area contributed by atoms with Crippen molar-refractivity contribution in [2.75, 3.05) is 11.9 Å². The molecule has 3 aromatic rings. The van der Waals surface area contributed by atoms with Gasteiger partial charge >= 0.3 is 0 Å². The Morgan fingerprint density at radius 3 is 2.80 bits per heavy atom. The Kier molecular flexibility index (Phi) is 3.68. The Labute approximate surface area is 117 Å². The molecule has 0 fully saturated rings. The molecule has 2 aromatic heterocycles. The fourth-order valence-corrected chi connectivity index (χ4v) is 1.96. The molecule has 0 spiro atoms. The first-order valence-electron chi connectivity index (χ1n) is 6.50. The Bertz CT molecular complexity index is 649. The van der Waals surface area contributed by atoms with E-state index in [1.807, 2.05) is 22.9 Å². The van der Waals surface area contributed by atoms with E-state index in [4.69, 9.17) is 0 Å². The van der Waals surface area contributed by atoms with Gasteiger partial charge in [-0.05, 0) is 12.0 Å². The van der Waals surface area contributed by atoms with Crippen molar-refractivity contribution in [2.24, 2.45) is 0 Å². The lowest BCUT2D eigenvalue weighted by Gasteiger charge is -2.07. The predicted molar refractivity (Wildman–Crippen MR) is 77.8 cm³/mol. The minimum atomic E-state index is 0.805. The van der Waals surface area contributed by atoms with Crippen LogP contribution in [0.25, 0.3) is 5.82 Å². The fourth-order valence-electron chi connectivity index (χ4n) is 1.96. The van der Waals surface area contributed by atoms with Crippen LogP contribution in [0.4, 0.5) is 5.82 Å². The molecule has 0 aliphatic heterocycles. The van der Waals surface area contributed by atoms with E-state index in [1.54, 1.807) is 18.9 Å². The molecule has 0 saturated heterocycles. The molecule has 0 unspecified atom stereocenters. The first kappa shape index (κ1) is 12.3. The molecule has 1 aromatic carbocycles. The van der Waals surface area contributed by atoms with Crippen LogP contribution in [0.5, 0.6) is 0 Å². The van der Waals surface area contributed by atoms with E-state index in [1.165, 1.54) is 5.56 Å². The van der Waals surface area contributed by atoms with Crippen molar-refractivity contribution in [3.63, 3.8) is 0 Å². The van der Waals surface area contributed by atoms with Gasteiger partial charge in [-0.1, -0.05) is 30.3 Å². The van der Waals surface area contributed by atoms with Gasteiger partial charge in [0.05, 0.1) is 0 Å². The summed E-state index contributed by atoms with van der Waals surface area (Å²) >= 11 is 0. The molecule has 1 N–H and O–H groups in total. The molecule has 20 heavy (non-hydrogen) atoms. The zero-order chi connectivity index (χ0) is 13.6. The molecule has 100 valence electrons. The normalized spacial score (nSPS) is 10.4. The largest absolute Gasteiger partial charge is 0.370 e. The molecule has 2 heterocycles. The van der Waals surface area contributed by atoms with Gasteiger partial charge in [0.2, 0.25) is 0 Å². The lowest BCUT2D eigenvalue weighted by molar-refractivity contribution is 0.955. The van der Waals surface area contributed by atoms with E-state index in [9.17, 15) is 0 Å². The highest BCUT2D eigenvalue weighted by molar-refractivity contribution is 5.40. The number of anilines is 1. The molecule has 5 nitrogen and oxygen atoms in total. The highest BCUT2D eigenvalue weighted by Gasteiger charge is 2.00. The summed E-state index contributed by atoms with van der Waals surface area (Å²) in [6, 6.07) is 12.3. The summed E-state index contributed by atoms with van der Waals surface area (Å²) in [7, 11) is 0. The molecule has 3 rings (SSSR count). The molecule has 0 saturated carbocycles. The van der Waals surface area contributed by atoms with Crippen molar-refractivity contribution >= 4 is 5.82 Å². The van der Waals surface area contributed by atoms with Gasteiger partial charge in [-0.15, -0.1) is 0 Å². The average molecular weight is 265 g/mol. The first-order chi connectivity index (χ1) is 9.92. The van der Waals surface area contributed by atoms with Crippen LogP contribution in [-0.2, 0) is 6.42 Å². The topological polar surface area (TPSA) is 55.6 Å². The van der Waals surface area contributed by atoms with E-state index >= 15 is 0 Å². The van der Waals surface area contributed by atoms with Crippen LogP contribution in [0.1, 0.15) is 5.56 Å². The van der Waals surface area contributed by atoms with E-state index in [2.05, 4.69) is 44.5 Å². The molecule has 0 aliphatic carbocycles. The quantitative estimate of drug-likeness (QED) is 0.769. The van der Waals surface area contributed by atoms with Crippen molar-refractivity contribution in [3.05, 3.63) is 67.0 Å². The van der Waals surface area contributed by atoms with Crippen LogP contribution in [0.2, 0.25) is 0 Å². The van der Waals surface area contributed by atoms with Crippen molar-refractivity contribution in [1.29, 1.82) is 0 Å². The van der Waals surface area contributed by atoms with Crippen LogP contribution in [0, 0.1) is 0 Å². The number of imidazole rings is 1. The lowest BCUT2D eigenvalue weighted by Crippen LogP contribution is -2.07. The minimum Gasteiger partial charge on any atom is -0.370 e. The van der Waals surface area contributed by atoms with Crippen LogP contribution in [0.15, 0.2) is 61.4 Å². The van der Waals surface area contributed by atoms with Gasteiger partial charge < -0.3 is 5.32 Å². The second kappa shape index (κ2) is 5.97. The van der Waals surface area contributed by atoms with Crippen LogP contribution in [-0.4, -0.2) is 26.1 Å². The van der Waals surface area contributed by atoms with Gasteiger partial charge in [-0.3, -0.25) is 4.57 Å². The van der Waals surface area contributed by atoms with Gasteiger partial charge in [0.1, 0.15) is 24.3 Å². The Hall–Kier alpha value is -2.69. The zero-order valence-corrected chi connectivity index (χ0v) is 11.0. The maximum absolute atomic E-state index is 4.22. The highest BCUT2D eigenvalue weighted by atomic mass is 15.1. The summed E-state index contributed by atoms with van der Waals surface area (Å²) in [6.45, 7) is 0.838. The molecule has 0 amide bonds. The van der Waals surface area contributed by atoms with Gasteiger partial charge in [-0.2, -0.15) is 0 Å². The number of hydrogen-bond donors (Lipinski definition) is 1. The van der Waals surface area contributed by atoms with Crippen molar-refractivity contribution in [1.82, 2.24) is 19.5 Å². The Morgan fingerprint density at radius 2 is 2.00 bits per heavy atom. The molecule has 0 atom stereocenters. The van der Waals surface area contributed by atoms with E-state index in [0.717, 1.165) is 24.6 Å². The number of nitrogens with zero attached hydrogens (tertiary/aromatic N) is 4. The van der Waals surface area contributed by atoms with E-state index in [0.29, 0.717) is 0 Å². The van der Waals surface area contributed by atoms with Gasteiger partial charge in [0, 0.05) is 25.0 Å². The summed E-state index contributed by atoms with van der Waals surface area (Å²) in [5.41, 5.74) is 1.31. The van der Waals surface area contributed by atoms with Crippen molar-refractivity contribution in [3.8, 4) is 5.82 Å². The fraction of sp³-hybridized carbons (Fsp3) is 0.133. The maximum Gasteiger partial charge on any atom is 0.143 e. The van der Waals surface area contributed by atoms with Crippen LogP contribution < -0.4 is 5.32 Å². The Balaban J connectivity index is 1.62. The van der Waals surface area contributed by atoms with Gasteiger partial charge in [-0.25, -0.2) is 15.0 Å². The molecule has 0 bridgehead atoms. The maximum atomic E-state index is 4.22. The molecule has 0 radical (unpaired) electrons. The molecular formula is C15H15N5. The standard InChI is InChI=1S/C15H15N5/c1-2-4-13(5-3-1)6-7-17-14-10-15(19-11-18-14)20-9-8-16-12-20/h1-5,8-12H,6-7H2,(H,17,18,19). The molecule has 0 aliphatic rings. The highest BCUT2D eigenvalue weighted by Crippen LogP contribution is 2.08. The van der Waals surface area contributed by atoms with E-state index < -0.39 is 0 Å². The first-order valence-corrected chi connectivity index (χ1v) is 6.50. The summed E-state index contributed by atoms with van der Waals surface area (Å²) in [5.74, 6) is 1.62. The SMILES string of the molecule is c1ccc(CCNc2cc(-n3ccnc3)ncn2)cc1. The number of benzene rings is 1. The summed E-state index contributed by atoms with van der Waals surface area (Å²) < 4.78 is 1.85. The third-order valence-corrected chi connectivity index (χ3v) is 2.98. The summed E-state index contributed by atoms with van der Waals surface area (Å²) in [6.07, 6.45) is 7.82. The summed E-state index contributed by atoms with van der Waals surface area (Å²) in [5, 5.41) is 3.31. The van der Waals surface area contributed by atoms with Crippen molar-refractivity contribution in [2.45, 2.75) is 6.42 Å². The second-order valence-electron chi connectivity index (χ2n) is 4.39. The second-order valence-corrected chi connectivity index (χ2v) is 4.39. The average Bonchev–Trinajstić information content (AvgIpc) is 3.03. The summed E-state index contributed by atoms with van der Waals surface area (Å²) in [4.78, 5) is 12.5. The molecular weight excluding hydrogens is 250 g/mol. The number of aromatic nitrogens is 4. The van der Waals surface area contributed by atoms with Gasteiger partial charge in [0.15, 0.2) is 0 Å². The molecule has 5 heteroatoms. The number of nitrogens with one attached hydrogen (secondary N) is 1. The van der Waals surface area contributed by atoms with Crippen LogP contribution in [0.3, 0.4) is 0 Å². The predicted octanol–water partition coefficient (Wildman–Crippen LogP) is 2.32. The van der Waals surface area contributed by atoms with Gasteiger partial charge in [0.25, 0.3) is 0 Å². The smallest absolute Gasteiger partial charge is 0.143 e. The minimum absolute atomic E-state index is 0.805. The monoisotopic (exact) mass is 265 g/mol. The Morgan fingerprint density at radius 1 is 1.10 bits per heavy atom.